The minimum Gasteiger partial charge on any atom is -0.233 e. The Labute approximate surface area is 156 Å². The number of nitrogens with zero attached hydrogens (tertiary/aromatic N) is 2. The SMILES string of the molecule is c1ccc(C2=NN(c3ccccc3)C3(SCc4ccccc43)S2)cc1. The summed E-state index contributed by atoms with van der Waals surface area (Å²) in [6, 6.07) is 29.7. The number of para-hydroxylation sites is 1. The Bertz CT molecular complexity index is 940. The van der Waals surface area contributed by atoms with Crippen LogP contribution in [0.4, 0.5) is 5.69 Å². The average molecular weight is 361 g/mol. The molecule has 2 heterocycles. The fraction of sp³-hybridized carbons (Fsp3) is 0.0952. The number of fused-ring (bicyclic) bond motifs is 2. The maximum Gasteiger partial charge on any atom is 0.186 e. The van der Waals surface area contributed by atoms with Gasteiger partial charge in [0.25, 0.3) is 0 Å². The van der Waals surface area contributed by atoms with Crippen LogP contribution in [0, 0.1) is 0 Å². The van der Waals surface area contributed by atoms with E-state index in [1.54, 1.807) is 0 Å². The van der Waals surface area contributed by atoms with Gasteiger partial charge in [0.2, 0.25) is 0 Å². The van der Waals surface area contributed by atoms with Crippen LogP contribution in [0.25, 0.3) is 0 Å². The van der Waals surface area contributed by atoms with Gasteiger partial charge in [-0.25, -0.2) is 5.01 Å². The molecule has 0 radical (unpaired) electrons. The monoisotopic (exact) mass is 360 g/mol. The van der Waals surface area contributed by atoms with Crippen LogP contribution >= 0.6 is 23.5 Å². The first-order valence-corrected chi connectivity index (χ1v) is 10.1. The molecule has 3 aromatic rings. The van der Waals surface area contributed by atoms with Crippen molar-refractivity contribution in [2.45, 2.75) is 9.96 Å². The molecule has 0 saturated carbocycles. The Kier molecular flexibility index (Phi) is 3.61. The van der Waals surface area contributed by atoms with Gasteiger partial charge < -0.3 is 0 Å². The molecule has 0 N–H and O–H groups in total. The molecule has 4 heteroatoms. The van der Waals surface area contributed by atoms with Crippen molar-refractivity contribution in [3.8, 4) is 0 Å². The van der Waals surface area contributed by atoms with Crippen molar-refractivity contribution in [3.05, 3.63) is 102 Å². The summed E-state index contributed by atoms with van der Waals surface area (Å²) >= 11 is 3.81. The zero-order valence-electron chi connectivity index (χ0n) is 13.5. The lowest BCUT2D eigenvalue weighted by molar-refractivity contribution is 0.807. The summed E-state index contributed by atoms with van der Waals surface area (Å²) in [5, 5.41) is 8.34. The Morgan fingerprint density at radius 2 is 1.48 bits per heavy atom. The van der Waals surface area contributed by atoms with Crippen molar-refractivity contribution in [1.29, 1.82) is 0 Å². The number of hydrogen-bond acceptors (Lipinski definition) is 4. The summed E-state index contributed by atoms with van der Waals surface area (Å²) in [5.41, 5.74) is 5.08. The zero-order chi connectivity index (χ0) is 16.7. The summed E-state index contributed by atoms with van der Waals surface area (Å²) in [7, 11) is 0. The van der Waals surface area contributed by atoms with Crippen molar-refractivity contribution in [2.24, 2.45) is 5.10 Å². The van der Waals surface area contributed by atoms with Crippen LogP contribution in [-0.4, -0.2) is 5.04 Å². The number of anilines is 1. The smallest absolute Gasteiger partial charge is 0.186 e. The third-order valence-corrected chi connectivity index (χ3v) is 7.53. The highest BCUT2D eigenvalue weighted by Crippen LogP contribution is 2.61. The second-order valence-electron chi connectivity index (χ2n) is 6.05. The van der Waals surface area contributed by atoms with Crippen LogP contribution in [-0.2, 0) is 9.96 Å². The molecule has 0 fully saturated rings. The molecule has 1 atom stereocenters. The first-order valence-electron chi connectivity index (χ1n) is 8.27. The fourth-order valence-electron chi connectivity index (χ4n) is 3.31. The van der Waals surface area contributed by atoms with Crippen molar-refractivity contribution in [3.63, 3.8) is 0 Å². The van der Waals surface area contributed by atoms with Gasteiger partial charge in [0, 0.05) is 16.9 Å². The standard InChI is InChI=1S/C21H16N2S2/c1-3-9-16(10-4-1)20-22-23(18-12-5-2-6-13-18)21(25-20)19-14-8-7-11-17(19)15-24-21/h1-14H,15H2. The molecule has 0 amide bonds. The predicted molar refractivity (Wildman–Crippen MR) is 109 cm³/mol. The Balaban J connectivity index is 1.67. The third kappa shape index (κ3) is 2.40. The van der Waals surface area contributed by atoms with E-state index in [1.807, 2.05) is 29.6 Å². The molecule has 5 rings (SSSR count). The highest BCUT2D eigenvalue weighted by atomic mass is 32.2. The topological polar surface area (TPSA) is 15.6 Å². The van der Waals surface area contributed by atoms with E-state index in [2.05, 4.69) is 83.9 Å². The maximum atomic E-state index is 5.05. The van der Waals surface area contributed by atoms with Gasteiger partial charge in [-0.2, -0.15) is 5.10 Å². The van der Waals surface area contributed by atoms with Crippen molar-refractivity contribution in [2.75, 3.05) is 5.01 Å². The predicted octanol–water partition coefficient (Wildman–Crippen LogP) is 5.66. The number of hydrogen-bond donors (Lipinski definition) is 0. The molecule has 0 saturated heterocycles. The van der Waals surface area contributed by atoms with Gasteiger partial charge in [-0.1, -0.05) is 84.6 Å². The quantitative estimate of drug-likeness (QED) is 0.586. The molecular formula is C21H16N2S2. The summed E-state index contributed by atoms with van der Waals surface area (Å²) in [5.74, 6) is 1.02. The minimum absolute atomic E-state index is 0.219. The van der Waals surface area contributed by atoms with Gasteiger partial charge in [0.05, 0.1) is 5.69 Å². The third-order valence-electron chi connectivity index (χ3n) is 4.51. The molecule has 0 bridgehead atoms. The van der Waals surface area contributed by atoms with Gasteiger partial charge >= 0.3 is 0 Å². The van der Waals surface area contributed by atoms with Gasteiger partial charge in [-0.05, 0) is 17.7 Å². The number of thioether (sulfide) groups is 2. The minimum atomic E-state index is -0.219. The van der Waals surface area contributed by atoms with Gasteiger partial charge in [-0.15, -0.1) is 11.8 Å². The van der Waals surface area contributed by atoms with E-state index in [4.69, 9.17) is 5.10 Å². The maximum absolute atomic E-state index is 5.05. The van der Waals surface area contributed by atoms with Gasteiger partial charge in [-0.3, -0.25) is 0 Å². The molecule has 1 spiro atoms. The highest BCUT2D eigenvalue weighted by Gasteiger charge is 2.51. The van der Waals surface area contributed by atoms with E-state index >= 15 is 0 Å². The molecule has 2 aliphatic heterocycles. The van der Waals surface area contributed by atoms with Crippen LogP contribution < -0.4 is 5.01 Å². The number of benzene rings is 3. The lowest BCUT2D eigenvalue weighted by Gasteiger charge is -2.33. The van der Waals surface area contributed by atoms with E-state index in [0.717, 1.165) is 16.5 Å². The lowest BCUT2D eigenvalue weighted by Crippen LogP contribution is -2.32. The van der Waals surface area contributed by atoms with E-state index in [-0.39, 0.29) is 4.20 Å². The van der Waals surface area contributed by atoms with Crippen LogP contribution in [0.15, 0.2) is 90.0 Å². The largest absolute Gasteiger partial charge is 0.233 e. The first kappa shape index (κ1) is 15.1. The van der Waals surface area contributed by atoms with Crippen molar-refractivity contribution >= 4 is 34.3 Å². The highest BCUT2D eigenvalue weighted by molar-refractivity contribution is 8.26. The van der Waals surface area contributed by atoms with Crippen LogP contribution in [0.1, 0.15) is 16.7 Å². The summed E-state index contributed by atoms with van der Waals surface area (Å²) < 4.78 is -0.219. The summed E-state index contributed by atoms with van der Waals surface area (Å²) in [6.07, 6.45) is 0. The van der Waals surface area contributed by atoms with E-state index < -0.39 is 0 Å². The Morgan fingerprint density at radius 3 is 2.28 bits per heavy atom. The molecule has 2 aliphatic rings. The summed E-state index contributed by atoms with van der Waals surface area (Å²) in [4.78, 5) is 0. The molecule has 25 heavy (non-hydrogen) atoms. The molecule has 2 nitrogen and oxygen atoms in total. The van der Waals surface area contributed by atoms with Crippen LogP contribution in [0.5, 0.6) is 0 Å². The first-order chi connectivity index (χ1) is 12.4. The molecule has 1 unspecified atom stereocenters. The fourth-order valence-corrected chi connectivity index (χ4v) is 6.37. The normalized spacial score (nSPS) is 21.4. The van der Waals surface area contributed by atoms with Gasteiger partial charge in [0.15, 0.2) is 4.20 Å². The average Bonchev–Trinajstić information content (AvgIpc) is 3.26. The van der Waals surface area contributed by atoms with Crippen LogP contribution in [0.2, 0.25) is 0 Å². The Hall–Kier alpha value is -2.17. The van der Waals surface area contributed by atoms with E-state index in [9.17, 15) is 0 Å². The van der Waals surface area contributed by atoms with E-state index in [1.165, 1.54) is 16.7 Å². The van der Waals surface area contributed by atoms with Crippen molar-refractivity contribution in [1.82, 2.24) is 0 Å². The second-order valence-corrected chi connectivity index (χ2v) is 8.66. The molecule has 3 aromatic carbocycles. The number of hydrazone groups is 1. The molecule has 122 valence electrons. The molecule has 0 aliphatic carbocycles. The lowest BCUT2D eigenvalue weighted by atomic mass is 10.1. The zero-order valence-corrected chi connectivity index (χ0v) is 15.1. The Morgan fingerprint density at radius 1 is 0.800 bits per heavy atom. The molecular weight excluding hydrogens is 344 g/mol. The van der Waals surface area contributed by atoms with Crippen molar-refractivity contribution < 1.29 is 0 Å². The van der Waals surface area contributed by atoms with E-state index in [0.29, 0.717) is 0 Å². The van der Waals surface area contributed by atoms with Gasteiger partial charge in [0.1, 0.15) is 5.04 Å². The van der Waals surface area contributed by atoms with Crippen LogP contribution in [0.3, 0.4) is 0 Å². The summed E-state index contributed by atoms with van der Waals surface area (Å²) in [6.45, 7) is 0. The molecule has 0 aromatic heterocycles. The second kappa shape index (κ2) is 5.97. The number of rotatable bonds is 2.